The van der Waals surface area contributed by atoms with Gasteiger partial charge in [0, 0.05) is 30.4 Å². The zero-order chi connectivity index (χ0) is 44.0. The van der Waals surface area contributed by atoms with E-state index >= 15 is 0 Å². The van der Waals surface area contributed by atoms with Crippen molar-refractivity contribution >= 4 is 86.1 Å². The van der Waals surface area contributed by atoms with E-state index in [9.17, 15) is 33.1 Å². The van der Waals surface area contributed by atoms with E-state index < -0.39 is 60.5 Å². The van der Waals surface area contributed by atoms with Gasteiger partial charge >= 0.3 is 35.7 Å². The number of phosphoric ester groups is 1. The minimum absolute atomic E-state index is 0.0284. The number of carbonyl (C=O) groups is 2. The van der Waals surface area contributed by atoms with Gasteiger partial charge in [0.05, 0.1) is 58.9 Å². The average Bonchev–Trinajstić information content (AvgIpc) is 3.52. The van der Waals surface area contributed by atoms with Crippen LogP contribution in [-0.2, 0) is 60.0 Å². The molecule has 30 heteroatoms. The van der Waals surface area contributed by atoms with Crippen LogP contribution in [0.5, 0.6) is 0 Å². The highest BCUT2D eigenvalue weighted by molar-refractivity contribution is 8.77. The molecule has 7 N–H and O–H groups in total. The number of unbranched alkanes of at least 4 members (excludes halogenated alkanes) is 1. The Hall–Kier alpha value is -0.265. The topological polar surface area (TPSA) is 295 Å². The monoisotopic (exact) mass is 982 g/mol. The van der Waals surface area contributed by atoms with Crippen molar-refractivity contribution in [2.24, 2.45) is 0 Å². The van der Waals surface area contributed by atoms with Gasteiger partial charge in [0.15, 0.2) is 0 Å². The minimum atomic E-state index is -5.67. The summed E-state index contributed by atoms with van der Waals surface area (Å²) >= 11 is 0. The molecule has 5 atom stereocenters. The predicted molar refractivity (Wildman–Crippen MR) is 226 cm³/mol. The molecule has 0 aliphatic carbocycles. The second-order valence-electron chi connectivity index (χ2n) is 12.3. The molecule has 0 bridgehead atoms. The van der Waals surface area contributed by atoms with Crippen LogP contribution in [0, 0.1) is 11.7 Å². The van der Waals surface area contributed by atoms with Gasteiger partial charge in [-0.15, -0.1) is 0 Å². The van der Waals surface area contributed by atoms with E-state index in [2.05, 4.69) is 50.2 Å². The van der Waals surface area contributed by atoms with Crippen LogP contribution in [0.3, 0.4) is 0 Å². The van der Waals surface area contributed by atoms with E-state index in [0.717, 1.165) is 6.54 Å². The Morgan fingerprint density at radius 2 is 1.53 bits per heavy atom. The predicted octanol–water partition coefficient (Wildman–Crippen LogP) is 3.47. The minimum Gasteiger partial charge on any atom is -0.450 e. The highest BCUT2D eigenvalue weighted by Gasteiger charge is 2.43. The van der Waals surface area contributed by atoms with Crippen molar-refractivity contribution in [1.82, 2.24) is 16.0 Å². The van der Waals surface area contributed by atoms with Gasteiger partial charge in [-0.1, -0.05) is 49.1 Å². The lowest BCUT2D eigenvalue weighted by molar-refractivity contribution is -0.0240. The van der Waals surface area contributed by atoms with Gasteiger partial charge in [-0.2, -0.15) is 14.4 Å². The molecular formula is C29H56BN3O19P3S4. The number of ether oxygens (including phenoxy) is 7. The zero-order valence-corrected chi connectivity index (χ0v) is 39.2. The third kappa shape index (κ3) is 33.0. The van der Waals surface area contributed by atoms with Crippen LogP contribution in [0.15, 0.2) is 0 Å². The van der Waals surface area contributed by atoms with E-state index in [1.807, 2.05) is 13.3 Å². The summed E-state index contributed by atoms with van der Waals surface area (Å²) in [5.41, 5.74) is 0. The summed E-state index contributed by atoms with van der Waals surface area (Å²) in [4.78, 5) is 60.3. The fourth-order valence-electron chi connectivity index (χ4n) is 4.13. The van der Waals surface area contributed by atoms with Crippen LogP contribution in [0.4, 0.5) is 9.59 Å². The molecule has 59 heavy (non-hydrogen) atoms. The molecule has 1 saturated heterocycles. The van der Waals surface area contributed by atoms with Gasteiger partial charge in [0.1, 0.15) is 18.0 Å². The fourth-order valence-corrected chi connectivity index (χ4v) is 10.2. The van der Waals surface area contributed by atoms with Crippen molar-refractivity contribution < 1.29 is 89.2 Å². The molecule has 1 heterocycles. The first kappa shape index (κ1) is 56.8. The second-order valence-corrected chi connectivity index (χ2v) is 22.1. The number of phosphoric acid groups is 3. The number of hydrogen-bond donors (Lipinski definition) is 7. The molecule has 1 aliphatic rings. The number of carbonyl (C=O) groups excluding carboxylic acids is 2. The molecule has 22 nitrogen and oxygen atoms in total. The first-order valence-electron chi connectivity index (χ1n) is 17.9. The van der Waals surface area contributed by atoms with E-state index in [4.69, 9.17) is 47.5 Å². The number of alkyl carbamates (subject to hydrolysis) is 2. The van der Waals surface area contributed by atoms with E-state index in [-0.39, 0.29) is 36.9 Å². The number of nitrogens with one attached hydrogen (secondary N) is 3. The normalized spacial score (nSPS) is 18.9. The summed E-state index contributed by atoms with van der Waals surface area (Å²) in [6.45, 7) is 7.44. The highest BCUT2D eigenvalue weighted by atomic mass is 33.1. The van der Waals surface area contributed by atoms with Crippen LogP contribution < -0.4 is 16.0 Å². The lowest BCUT2D eigenvalue weighted by atomic mass is 9.71. The SMILES string of the molecule is CNCCOCCOCCNC(=O)OCCC(C)(C)SSCOCCCCOC(=O)NCC#C[B][C@H]1C[C@H](OCSSC)[C@@H](COP(=O)(O)OP(=O)(O)OP(=O)(O)O)O1. The largest absolute Gasteiger partial charge is 0.490 e. The lowest BCUT2D eigenvalue weighted by Gasteiger charge is -2.22. The number of hydrogen-bond acceptors (Lipinski definition) is 20. The molecule has 343 valence electrons. The van der Waals surface area contributed by atoms with Gasteiger partial charge in [-0.25, -0.2) is 23.3 Å². The molecule has 0 spiro atoms. The molecule has 0 aromatic heterocycles. The van der Waals surface area contributed by atoms with Crippen molar-refractivity contribution in [2.75, 3.05) is 97.7 Å². The Bertz CT molecular complexity index is 1400. The third-order valence-electron chi connectivity index (χ3n) is 6.84. The van der Waals surface area contributed by atoms with Gasteiger partial charge in [-0.3, -0.25) is 4.52 Å². The summed E-state index contributed by atoms with van der Waals surface area (Å²) in [5, 5.41) is 8.15. The molecule has 0 aromatic rings. The maximum atomic E-state index is 12.1. The van der Waals surface area contributed by atoms with E-state index in [1.54, 1.807) is 21.6 Å². The summed E-state index contributed by atoms with van der Waals surface area (Å²) in [7, 11) is -7.21. The number of rotatable bonds is 34. The van der Waals surface area contributed by atoms with E-state index in [0.29, 0.717) is 64.8 Å². The van der Waals surface area contributed by atoms with Crippen LogP contribution in [0.25, 0.3) is 0 Å². The zero-order valence-electron chi connectivity index (χ0n) is 33.2. The van der Waals surface area contributed by atoms with Crippen LogP contribution in [0.2, 0.25) is 0 Å². The van der Waals surface area contributed by atoms with Crippen LogP contribution in [0.1, 0.15) is 39.5 Å². The number of amides is 2. The van der Waals surface area contributed by atoms with Gasteiger partial charge in [0.25, 0.3) is 7.28 Å². The van der Waals surface area contributed by atoms with Gasteiger partial charge in [-0.05, 0) is 52.8 Å². The van der Waals surface area contributed by atoms with Gasteiger partial charge in [0.2, 0.25) is 0 Å². The summed E-state index contributed by atoms with van der Waals surface area (Å²) in [5.74, 6) is 6.16. The summed E-state index contributed by atoms with van der Waals surface area (Å²) in [6.07, 6.45) is 1.26. The Morgan fingerprint density at radius 1 is 0.847 bits per heavy atom. The van der Waals surface area contributed by atoms with Crippen molar-refractivity contribution in [2.45, 2.75) is 62.5 Å². The molecule has 1 aliphatic heterocycles. The standard InChI is InChI=1S/C29H56BN3O19P3S4/c1-29(2,8-15-47-28(35)33-12-17-44-19-18-43-16-11-31-3)59-58-22-45-13-5-6-14-46-27(34)32-10-7-9-30-26-20-24(48-23-57-56-4)25(50-26)21-49-54(39,40)52-55(41,42)51-53(36,37)38/h24-26,31H,5-6,8,10-23H2,1-4H3,(H,32,34)(H,33,35)(H,39,40)(H,41,42)(H2,36,37,38)/t24-,25+,26+/m0/s1. The first-order chi connectivity index (χ1) is 27.9. The van der Waals surface area contributed by atoms with Crippen molar-refractivity contribution in [3.05, 3.63) is 0 Å². The first-order valence-corrected chi connectivity index (χ1v) is 27.5. The maximum absolute atomic E-state index is 12.1. The van der Waals surface area contributed by atoms with Crippen molar-refractivity contribution in [3.63, 3.8) is 0 Å². The van der Waals surface area contributed by atoms with Crippen LogP contribution >= 0.6 is 66.6 Å². The Labute approximate surface area is 361 Å². The second kappa shape index (κ2) is 32.4. The Morgan fingerprint density at radius 3 is 2.22 bits per heavy atom. The molecule has 0 aromatic carbocycles. The molecule has 1 fully saturated rings. The highest BCUT2D eigenvalue weighted by Crippen LogP contribution is 2.66. The Kier molecular flexibility index (Phi) is 31.2. The Balaban J connectivity index is 2.18. The lowest BCUT2D eigenvalue weighted by Crippen LogP contribution is -2.29. The number of likely N-dealkylation sites (N-methyl/N-ethyl adjacent to an activating group) is 1. The smallest absolute Gasteiger partial charge is 0.450 e. The summed E-state index contributed by atoms with van der Waals surface area (Å²) in [6, 6.07) is -0.625. The van der Waals surface area contributed by atoms with Gasteiger partial charge < -0.3 is 68.7 Å². The molecule has 0 saturated carbocycles. The fraction of sp³-hybridized carbons (Fsp3) is 0.862. The third-order valence-corrected chi connectivity index (χ3v) is 15.1. The molecule has 1 radical (unpaired) electrons. The maximum Gasteiger partial charge on any atom is 0.490 e. The molecular weight excluding hydrogens is 926 g/mol. The van der Waals surface area contributed by atoms with Crippen LogP contribution in [-0.4, -0.2) is 160 Å². The average molecular weight is 983 g/mol. The van der Waals surface area contributed by atoms with Crippen molar-refractivity contribution in [3.8, 4) is 11.7 Å². The molecule has 2 amide bonds. The molecule has 2 unspecified atom stereocenters. The van der Waals surface area contributed by atoms with Crippen molar-refractivity contribution in [1.29, 1.82) is 0 Å². The quantitative estimate of drug-likeness (QED) is 0.0121. The molecule has 1 rings (SSSR count). The van der Waals surface area contributed by atoms with E-state index in [1.165, 1.54) is 28.9 Å². The summed E-state index contributed by atoms with van der Waals surface area (Å²) < 4.78 is 84.8.